The number of ether oxygens (including phenoxy) is 1. The molecule has 2 N–H and O–H groups in total. The van der Waals surface area contributed by atoms with Gasteiger partial charge < -0.3 is 10.1 Å². The molecule has 2 aromatic carbocycles. The average molecular weight is 405 g/mol. The van der Waals surface area contributed by atoms with E-state index in [1.54, 1.807) is 31.2 Å². The molecule has 0 aliphatic heterocycles. The Labute approximate surface area is 173 Å². The smallest absolute Gasteiger partial charge is 0.312 e. The van der Waals surface area contributed by atoms with E-state index in [0.29, 0.717) is 16.5 Å². The van der Waals surface area contributed by atoms with Crippen molar-refractivity contribution < 1.29 is 14.3 Å². The molecule has 7 nitrogen and oxygen atoms in total. The van der Waals surface area contributed by atoms with Gasteiger partial charge in [0.05, 0.1) is 23.5 Å². The van der Waals surface area contributed by atoms with Crippen molar-refractivity contribution in [2.45, 2.75) is 44.8 Å². The Hall–Kier alpha value is -3.48. The fourth-order valence-corrected chi connectivity index (χ4v) is 3.93. The van der Waals surface area contributed by atoms with Crippen molar-refractivity contribution >= 4 is 22.6 Å². The minimum Gasteiger partial charge on any atom is -0.452 e. The lowest BCUT2D eigenvalue weighted by Gasteiger charge is -2.27. The number of aromatic nitrogens is 2. The van der Waals surface area contributed by atoms with Crippen LogP contribution in [0.5, 0.6) is 0 Å². The quantitative estimate of drug-likeness (QED) is 0.636. The molecule has 3 aromatic rings. The monoisotopic (exact) mass is 405 g/mol. The zero-order chi connectivity index (χ0) is 21.1. The summed E-state index contributed by atoms with van der Waals surface area (Å²) in [4.78, 5) is 36.9. The summed E-state index contributed by atoms with van der Waals surface area (Å²) in [5, 5.41) is 10.4. The number of hydrogen-bond acceptors (Lipinski definition) is 5. The molecule has 30 heavy (non-hydrogen) atoms. The molecule has 0 saturated heterocycles. The standard InChI is InChI=1S/C23H23N3O4/c1-14(22(28)24-19-12-6-8-15-7-2-3-9-16(15)19)30-21(27)13-20-17-10-4-5-11-18(17)23(29)26-25-20/h2-5,7,9-11,14,19H,6,8,12-13H2,1H3,(H,24,28)(H,26,29)/t14-,19+/m0/s1. The predicted octanol–water partition coefficient (Wildman–Crippen LogP) is 2.59. The summed E-state index contributed by atoms with van der Waals surface area (Å²) >= 11 is 0. The molecule has 2 atom stereocenters. The number of nitrogens with one attached hydrogen (secondary N) is 2. The Bertz CT molecular complexity index is 1150. The van der Waals surface area contributed by atoms with Crippen LogP contribution in [0.4, 0.5) is 0 Å². The van der Waals surface area contributed by atoms with E-state index in [2.05, 4.69) is 21.6 Å². The number of carbonyl (C=O) groups is 2. The Morgan fingerprint density at radius 3 is 2.73 bits per heavy atom. The zero-order valence-corrected chi connectivity index (χ0v) is 16.7. The molecule has 1 aliphatic carbocycles. The maximum Gasteiger partial charge on any atom is 0.312 e. The number of carbonyl (C=O) groups excluding carboxylic acids is 2. The highest BCUT2D eigenvalue weighted by Crippen LogP contribution is 2.29. The van der Waals surface area contributed by atoms with Gasteiger partial charge in [0.25, 0.3) is 11.5 Å². The first kappa shape index (κ1) is 19.8. The molecule has 1 amide bonds. The van der Waals surface area contributed by atoms with E-state index in [1.807, 2.05) is 18.2 Å². The molecule has 154 valence electrons. The molecule has 0 saturated carbocycles. The van der Waals surface area contributed by atoms with Gasteiger partial charge in [-0.15, -0.1) is 0 Å². The van der Waals surface area contributed by atoms with E-state index in [9.17, 15) is 14.4 Å². The second-order valence-electron chi connectivity index (χ2n) is 7.51. The molecule has 1 aromatic heterocycles. The van der Waals surface area contributed by atoms with Gasteiger partial charge in [0.15, 0.2) is 6.10 Å². The van der Waals surface area contributed by atoms with Crippen molar-refractivity contribution in [2.24, 2.45) is 0 Å². The number of amides is 1. The molecule has 7 heteroatoms. The van der Waals surface area contributed by atoms with Crippen molar-refractivity contribution in [1.82, 2.24) is 15.5 Å². The number of nitrogens with zero attached hydrogens (tertiary/aromatic N) is 1. The maximum atomic E-state index is 12.6. The van der Waals surface area contributed by atoms with Crippen LogP contribution >= 0.6 is 0 Å². The van der Waals surface area contributed by atoms with Gasteiger partial charge >= 0.3 is 5.97 Å². The molecule has 1 aliphatic rings. The normalized spacial score (nSPS) is 16.5. The molecule has 0 radical (unpaired) electrons. The van der Waals surface area contributed by atoms with Crippen LogP contribution in [0, 0.1) is 0 Å². The van der Waals surface area contributed by atoms with Crippen LogP contribution in [0.3, 0.4) is 0 Å². The molecule has 0 spiro atoms. The van der Waals surface area contributed by atoms with E-state index >= 15 is 0 Å². The van der Waals surface area contributed by atoms with Gasteiger partial charge in [-0.1, -0.05) is 42.5 Å². The van der Waals surface area contributed by atoms with E-state index in [1.165, 1.54) is 5.56 Å². The third-order valence-corrected chi connectivity index (χ3v) is 5.45. The van der Waals surface area contributed by atoms with Crippen LogP contribution < -0.4 is 10.9 Å². The average Bonchev–Trinajstić information content (AvgIpc) is 2.76. The largest absolute Gasteiger partial charge is 0.452 e. The summed E-state index contributed by atoms with van der Waals surface area (Å²) in [6.45, 7) is 1.56. The lowest BCUT2D eigenvalue weighted by atomic mass is 9.87. The number of esters is 1. The first-order valence-corrected chi connectivity index (χ1v) is 10.1. The minimum atomic E-state index is -0.930. The molecular weight excluding hydrogens is 382 g/mol. The van der Waals surface area contributed by atoms with Gasteiger partial charge in [-0.05, 0) is 43.4 Å². The van der Waals surface area contributed by atoms with Crippen LogP contribution in [-0.2, 0) is 27.2 Å². The molecule has 0 unspecified atom stereocenters. The third kappa shape index (κ3) is 4.10. The highest BCUT2D eigenvalue weighted by atomic mass is 16.5. The Morgan fingerprint density at radius 2 is 1.90 bits per heavy atom. The molecule has 4 rings (SSSR count). The zero-order valence-electron chi connectivity index (χ0n) is 16.7. The fourth-order valence-electron chi connectivity index (χ4n) is 3.93. The van der Waals surface area contributed by atoms with Crippen LogP contribution in [0.1, 0.15) is 42.6 Å². The number of benzene rings is 2. The van der Waals surface area contributed by atoms with E-state index in [-0.39, 0.29) is 23.9 Å². The summed E-state index contributed by atoms with van der Waals surface area (Å²) in [6, 6.07) is 14.9. The number of fused-ring (bicyclic) bond motifs is 2. The van der Waals surface area contributed by atoms with E-state index < -0.39 is 12.1 Å². The van der Waals surface area contributed by atoms with Gasteiger partial charge in [0.2, 0.25) is 0 Å². The Morgan fingerprint density at radius 1 is 1.17 bits per heavy atom. The second kappa shape index (κ2) is 8.49. The van der Waals surface area contributed by atoms with Gasteiger partial charge in [0.1, 0.15) is 0 Å². The summed E-state index contributed by atoms with van der Waals surface area (Å²) in [7, 11) is 0. The molecule has 0 bridgehead atoms. The predicted molar refractivity (Wildman–Crippen MR) is 112 cm³/mol. The van der Waals surface area contributed by atoms with E-state index in [0.717, 1.165) is 24.8 Å². The number of rotatable bonds is 5. The SMILES string of the molecule is C[C@H](OC(=O)Cc1n[nH]c(=O)c2ccccc12)C(=O)N[C@@H]1CCCc2ccccc21. The third-order valence-electron chi connectivity index (χ3n) is 5.45. The lowest BCUT2D eigenvalue weighted by molar-refractivity contribution is -0.154. The summed E-state index contributed by atoms with van der Waals surface area (Å²) in [6.07, 6.45) is 1.80. The Kier molecular flexibility index (Phi) is 5.61. The maximum absolute atomic E-state index is 12.6. The van der Waals surface area contributed by atoms with Gasteiger partial charge in [0, 0.05) is 5.39 Å². The number of hydrogen-bond donors (Lipinski definition) is 2. The van der Waals surface area contributed by atoms with E-state index in [4.69, 9.17) is 4.74 Å². The van der Waals surface area contributed by atoms with Crippen LogP contribution in [0.15, 0.2) is 53.3 Å². The summed E-state index contributed by atoms with van der Waals surface area (Å²) in [5.74, 6) is -0.907. The van der Waals surface area contributed by atoms with Crippen molar-refractivity contribution in [3.05, 3.63) is 75.7 Å². The number of aryl methyl sites for hydroxylation is 1. The molecular formula is C23H23N3O4. The minimum absolute atomic E-state index is 0.0755. The van der Waals surface area contributed by atoms with Crippen molar-refractivity contribution in [2.75, 3.05) is 0 Å². The number of H-pyrrole nitrogens is 1. The molecule has 0 fully saturated rings. The summed E-state index contributed by atoms with van der Waals surface area (Å²) in [5.41, 5.74) is 2.46. The highest BCUT2D eigenvalue weighted by Gasteiger charge is 2.25. The fraction of sp³-hybridized carbons (Fsp3) is 0.304. The first-order chi connectivity index (χ1) is 14.5. The molecule has 1 heterocycles. The van der Waals surface area contributed by atoms with Crippen LogP contribution in [-0.4, -0.2) is 28.2 Å². The number of aromatic amines is 1. The summed E-state index contributed by atoms with van der Waals surface area (Å²) < 4.78 is 5.34. The Balaban J connectivity index is 1.40. The van der Waals surface area contributed by atoms with Crippen molar-refractivity contribution in [1.29, 1.82) is 0 Å². The van der Waals surface area contributed by atoms with Gasteiger partial charge in [-0.2, -0.15) is 5.10 Å². The van der Waals surface area contributed by atoms with Crippen molar-refractivity contribution in [3.63, 3.8) is 0 Å². The lowest BCUT2D eigenvalue weighted by Crippen LogP contribution is -2.39. The highest BCUT2D eigenvalue weighted by molar-refractivity contribution is 5.88. The first-order valence-electron chi connectivity index (χ1n) is 10.1. The van der Waals surface area contributed by atoms with Crippen LogP contribution in [0.2, 0.25) is 0 Å². The topological polar surface area (TPSA) is 101 Å². The van der Waals surface area contributed by atoms with Gasteiger partial charge in [-0.25, -0.2) is 5.10 Å². The van der Waals surface area contributed by atoms with Crippen LogP contribution in [0.25, 0.3) is 10.8 Å². The van der Waals surface area contributed by atoms with Crippen molar-refractivity contribution in [3.8, 4) is 0 Å². The van der Waals surface area contributed by atoms with Gasteiger partial charge in [-0.3, -0.25) is 14.4 Å². The second-order valence-corrected chi connectivity index (χ2v) is 7.51.